The Morgan fingerprint density at radius 3 is 3.18 bits per heavy atom. The third-order valence-corrected chi connectivity index (χ3v) is 4.95. The highest BCUT2D eigenvalue weighted by atomic mass is 32.2. The molecule has 3 unspecified atom stereocenters. The number of carboxylic acid groups (broad SMARTS) is 1. The molecule has 0 bridgehead atoms. The zero-order valence-electron chi connectivity index (χ0n) is 9.34. The van der Waals surface area contributed by atoms with E-state index in [1.165, 1.54) is 11.8 Å². The Bertz CT molecular complexity index is 392. The number of nitrogens with zero attached hydrogens (tertiary/aromatic N) is 2. The number of hydrogen-bond donors (Lipinski definition) is 3. The standard InChI is InChI=1S/C9H14N4O3S/c1-10-2-5-7(14)13-4-12-6(8(15)16)3-17-9(12,13)11-5/h5-6,10-11H,2-4H2,1H3,(H,15,16). The minimum Gasteiger partial charge on any atom is -0.480 e. The van der Waals surface area contributed by atoms with E-state index in [2.05, 4.69) is 10.6 Å². The lowest BCUT2D eigenvalue weighted by Crippen LogP contribution is -2.74. The number of thioether (sulfide) groups is 1. The Kier molecular flexibility index (Phi) is 2.37. The van der Waals surface area contributed by atoms with Crippen molar-refractivity contribution in [3.05, 3.63) is 0 Å². The fourth-order valence-corrected chi connectivity index (χ4v) is 4.22. The molecule has 7 nitrogen and oxygen atoms in total. The van der Waals surface area contributed by atoms with E-state index in [9.17, 15) is 9.59 Å². The Hall–Kier alpha value is -0.830. The Labute approximate surface area is 103 Å². The van der Waals surface area contributed by atoms with E-state index in [1.807, 2.05) is 4.90 Å². The third kappa shape index (κ3) is 1.29. The molecule has 0 aromatic carbocycles. The molecule has 3 aliphatic heterocycles. The number of amides is 1. The first kappa shape index (κ1) is 11.3. The highest BCUT2D eigenvalue weighted by Crippen LogP contribution is 2.50. The largest absolute Gasteiger partial charge is 0.480 e. The van der Waals surface area contributed by atoms with Crippen LogP contribution in [0.1, 0.15) is 0 Å². The van der Waals surface area contributed by atoms with Crippen LogP contribution in [0.25, 0.3) is 0 Å². The van der Waals surface area contributed by atoms with Gasteiger partial charge in [-0.25, -0.2) is 4.90 Å². The van der Waals surface area contributed by atoms with E-state index in [0.29, 0.717) is 19.0 Å². The number of carboxylic acids is 1. The van der Waals surface area contributed by atoms with Crippen molar-refractivity contribution in [1.82, 2.24) is 20.4 Å². The molecule has 0 aromatic heterocycles. The molecule has 0 aromatic rings. The summed E-state index contributed by atoms with van der Waals surface area (Å²) in [5, 5.41) is 14.7. The summed E-state index contributed by atoms with van der Waals surface area (Å²) in [5.41, 5.74) is 0. The second kappa shape index (κ2) is 3.58. The maximum atomic E-state index is 12.0. The Morgan fingerprint density at radius 1 is 1.76 bits per heavy atom. The number of carbonyl (C=O) groups excluding carboxylic acids is 1. The van der Waals surface area contributed by atoms with E-state index in [4.69, 9.17) is 5.11 Å². The van der Waals surface area contributed by atoms with Gasteiger partial charge in [0.2, 0.25) is 11.0 Å². The van der Waals surface area contributed by atoms with Crippen molar-refractivity contribution >= 4 is 23.6 Å². The monoisotopic (exact) mass is 258 g/mol. The van der Waals surface area contributed by atoms with Gasteiger partial charge >= 0.3 is 5.97 Å². The maximum Gasteiger partial charge on any atom is 0.321 e. The molecule has 94 valence electrons. The average molecular weight is 258 g/mol. The van der Waals surface area contributed by atoms with Gasteiger partial charge in [0, 0.05) is 12.3 Å². The summed E-state index contributed by atoms with van der Waals surface area (Å²) < 4.78 is 0. The lowest BCUT2D eigenvalue weighted by atomic mass is 10.2. The smallest absolute Gasteiger partial charge is 0.321 e. The van der Waals surface area contributed by atoms with Gasteiger partial charge in [-0.05, 0) is 7.05 Å². The molecule has 3 heterocycles. The molecule has 3 N–H and O–H groups in total. The van der Waals surface area contributed by atoms with E-state index in [0.717, 1.165) is 0 Å². The van der Waals surface area contributed by atoms with E-state index < -0.39 is 17.1 Å². The van der Waals surface area contributed by atoms with Gasteiger partial charge in [-0.3, -0.25) is 19.8 Å². The van der Waals surface area contributed by atoms with Crippen LogP contribution in [0.2, 0.25) is 0 Å². The maximum absolute atomic E-state index is 12.0. The van der Waals surface area contributed by atoms with Crippen molar-refractivity contribution in [1.29, 1.82) is 0 Å². The summed E-state index contributed by atoms with van der Waals surface area (Å²) in [7, 11) is 1.79. The SMILES string of the molecule is CNCC1NC23SCC(C(=O)O)N2CN3C1=O. The van der Waals surface area contributed by atoms with Gasteiger partial charge in [-0.2, -0.15) is 0 Å². The fourth-order valence-electron chi connectivity index (χ4n) is 2.62. The van der Waals surface area contributed by atoms with E-state index in [1.54, 1.807) is 11.9 Å². The van der Waals surface area contributed by atoms with Gasteiger partial charge in [0.15, 0.2) is 0 Å². The fraction of sp³-hybridized carbons (Fsp3) is 0.778. The number of aliphatic carboxylic acids is 1. The summed E-state index contributed by atoms with van der Waals surface area (Å²) in [4.78, 5) is 26.6. The molecule has 0 aliphatic carbocycles. The molecule has 1 amide bonds. The van der Waals surface area contributed by atoms with Crippen molar-refractivity contribution < 1.29 is 14.7 Å². The molecule has 3 fully saturated rings. The van der Waals surface area contributed by atoms with Gasteiger partial charge in [-0.15, -0.1) is 0 Å². The predicted octanol–water partition coefficient (Wildman–Crippen LogP) is -1.91. The second-order valence-corrected chi connectivity index (χ2v) is 5.60. The van der Waals surface area contributed by atoms with Crippen LogP contribution in [0.4, 0.5) is 0 Å². The van der Waals surface area contributed by atoms with Crippen LogP contribution in [0.15, 0.2) is 0 Å². The Balaban J connectivity index is 1.81. The van der Waals surface area contributed by atoms with Crippen LogP contribution in [0.5, 0.6) is 0 Å². The topological polar surface area (TPSA) is 84.9 Å². The number of nitrogens with one attached hydrogen (secondary N) is 2. The Morgan fingerprint density at radius 2 is 2.53 bits per heavy atom. The van der Waals surface area contributed by atoms with E-state index in [-0.39, 0.29) is 11.9 Å². The summed E-state index contributed by atoms with van der Waals surface area (Å²) in [6.07, 6.45) is 0. The van der Waals surface area contributed by atoms with Crippen LogP contribution in [-0.2, 0) is 9.59 Å². The molecular formula is C9H14N4O3S. The normalized spacial score (nSPS) is 40.1. The van der Waals surface area contributed by atoms with Gasteiger partial charge in [0.25, 0.3) is 0 Å². The van der Waals surface area contributed by atoms with Crippen molar-refractivity contribution in [3.8, 4) is 0 Å². The first-order valence-electron chi connectivity index (χ1n) is 5.47. The average Bonchev–Trinajstić information content (AvgIpc) is 2.63. The highest BCUT2D eigenvalue weighted by Gasteiger charge is 2.68. The first-order chi connectivity index (χ1) is 8.10. The van der Waals surface area contributed by atoms with Crippen molar-refractivity contribution in [2.75, 3.05) is 26.0 Å². The lowest BCUT2D eigenvalue weighted by Gasteiger charge is -2.52. The van der Waals surface area contributed by atoms with Crippen molar-refractivity contribution in [2.24, 2.45) is 0 Å². The minimum absolute atomic E-state index is 0.0501. The molecule has 1 spiro atoms. The minimum atomic E-state index is -0.819. The quantitative estimate of drug-likeness (QED) is 0.545. The van der Waals surface area contributed by atoms with Crippen molar-refractivity contribution in [3.63, 3.8) is 0 Å². The number of hydrogen-bond acceptors (Lipinski definition) is 6. The third-order valence-electron chi connectivity index (χ3n) is 3.49. The molecule has 3 aliphatic rings. The molecule has 3 atom stereocenters. The van der Waals surface area contributed by atoms with Crippen LogP contribution >= 0.6 is 11.8 Å². The summed E-state index contributed by atoms with van der Waals surface area (Å²) in [5.74, 6) is -0.257. The molecule has 3 rings (SSSR count). The zero-order valence-corrected chi connectivity index (χ0v) is 10.2. The van der Waals surface area contributed by atoms with Gasteiger partial charge < -0.3 is 10.4 Å². The summed E-state index contributed by atoms with van der Waals surface area (Å²) >= 11 is 1.49. The zero-order chi connectivity index (χ0) is 12.2. The number of likely N-dealkylation sites (N-methyl/N-ethyl adjacent to an activating group) is 1. The summed E-state index contributed by atoms with van der Waals surface area (Å²) in [6.45, 7) is 0.971. The molecule has 17 heavy (non-hydrogen) atoms. The second-order valence-electron chi connectivity index (χ2n) is 4.41. The number of carbonyl (C=O) groups is 2. The van der Waals surface area contributed by atoms with Gasteiger partial charge in [-0.1, -0.05) is 11.8 Å². The van der Waals surface area contributed by atoms with E-state index >= 15 is 0 Å². The van der Waals surface area contributed by atoms with Gasteiger partial charge in [0.1, 0.15) is 12.1 Å². The first-order valence-corrected chi connectivity index (χ1v) is 6.46. The molecule has 3 saturated heterocycles. The molecular weight excluding hydrogens is 244 g/mol. The van der Waals surface area contributed by atoms with Crippen molar-refractivity contribution in [2.45, 2.75) is 17.2 Å². The van der Waals surface area contributed by atoms with Crippen LogP contribution in [0.3, 0.4) is 0 Å². The molecule has 0 radical (unpaired) electrons. The molecule has 0 saturated carbocycles. The summed E-state index contributed by atoms with van der Waals surface area (Å²) in [6, 6.07) is -0.755. The van der Waals surface area contributed by atoms with Crippen LogP contribution in [-0.4, -0.2) is 70.0 Å². The molecule has 8 heteroatoms. The predicted molar refractivity (Wildman–Crippen MR) is 61.0 cm³/mol. The van der Waals surface area contributed by atoms with Crippen LogP contribution in [0, 0.1) is 0 Å². The number of rotatable bonds is 3. The lowest BCUT2D eigenvalue weighted by molar-refractivity contribution is -0.174. The van der Waals surface area contributed by atoms with Crippen LogP contribution < -0.4 is 10.6 Å². The highest BCUT2D eigenvalue weighted by molar-refractivity contribution is 8.00. The van der Waals surface area contributed by atoms with Gasteiger partial charge in [0.05, 0.1) is 6.67 Å².